The Bertz CT molecular complexity index is 1960. The number of rotatable bonds is 8. The minimum absolute atomic E-state index is 0.250. The van der Waals surface area contributed by atoms with Crippen LogP contribution in [0.1, 0.15) is 31.7 Å². The van der Waals surface area contributed by atoms with Gasteiger partial charge in [-0.2, -0.15) is 0 Å². The van der Waals surface area contributed by atoms with E-state index in [9.17, 15) is 19.8 Å². The van der Waals surface area contributed by atoms with Gasteiger partial charge in [0.25, 0.3) is 0 Å². The summed E-state index contributed by atoms with van der Waals surface area (Å²) < 4.78 is 32.1. The Kier molecular flexibility index (Phi) is 13.0. The van der Waals surface area contributed by atoms with Crippen LogP contribution in [0.4, 0.5) is 21.2 Å². The Morgan fingerprint density at radius 1 is 0.714 bits per heavy atom. The van der Waals surface area contributed by atoms with Gasteiger partial charge in [0.1, 0.15) is 0 Å². The number of hydrogen-bond acceptors (Lipinski definition) is 17. The van der Waals surface area contributed by atoms with Crippen LogP contribution in [0.3, 0.4) is 0 Å². The van der Waals surface area contributed by atoms with Crippen LogP contribution < -0.4 is 11.5 Å². The number of amides is 2. The molecule has 4 aromatic rings. The van der Waals surface area contributed by atoms with Crippen molar-refractivity contribution in [3.05, 3.63) is 25.3 Å². The van der Waals surface area contributed by atoms with Crippen LogP contribution in [-0.4, -0.2) is 177 Å². The second-order valence-electron chi connectivity index (χ2n) is 13.5. The van der Waals surface area contributed by atoms with Crippen LogP contribution in [0.2, 0.25) is 22.3 Å². The van der Waals surface area contributed by atoms with Gasteiger partial charge in [-0.25, -0.2) is 0 Å². The Balaban J connectivity index is 0.000000172. The fourth-order valence-electron chi connectivity index (χ4n) is 7.08. The van der Waals surface area contributed by atoms with Crippen LogP contribution in [0.5, 0.6) is 0 Å². The number of anilines is 2. The van der Waals surface area contributed by atoms with E-state index < -0.39 is 61.3 Å². The fraction of sp³-hybridized carbons (Fsp3) is 0.636. The molecule has 8 atom stereocenters. The molecule has 2 amide bonds. The van der Waals surface area contributed by atoms with E-state index in [1.165, 1.54) is 25.3 Å². The number of morpholine rings is 1. The molecule has 0 bridgehead atoms. The molecule has 4 aliphatic heterocycles. The summed E-state index contributed by atoms with van der Waals surface area (Å²) in [5.41, 5.74) is 13.5. The molecule has 0 spiro atoms. The van der Waals surface area contributed by atoms with Gasteiger partial charge in [-0.05, 0) is 0 Å². The van der Waals surface area contributed by atoms with E-state index >= 15 is 0 Å². The standard InChI is InChI=1S/C17H24N6O4Se.C16H22N6O5Se/c1-28-7-10-12(24)13(27-17(25)22-5-3-2-4-6-22)16(26-10)23-9-21-11-14(18)19-8-20-15(11)23;1-28-6-9-12(27-16(24)21-2-4-25-5-3-21)11(23)15(26-9)22-8-20-10-13(17)18-7-19-14(10)22/h8-10,12-13,16,24H,2-7H2,1H3,(H2,18,19,20);7-9,11-12,15,23H,2-6H2,1H3,(H2,17,18,19)/t10-,12?,13+,16-;9-,11+,12?,15-/m11/s1. The first-order valence-corrected chi connectivity index (χ1v) is 24.0. The van der Waals surface area contributed by atoms with Crippen molar-refractivity contribution in [1.82, 2.24) is 48.8 Å². The number of carbonyl (C=O) groups excluding carboxylic acids is 2. The van der Waals surface area contributed by atoms with E-state index in [1.807, 2.05) is 0 Å². The Morgan fingerprint density at radius 3 is 1.82 bits per heavy atom. The third-order valence-electron chi connectivity index (χ3n) is 9.96. The first-order chi connectivity index (χ1) is 27.2. The molecule has 0 aromatic carbocycles. The predicted octanol–water partition coefficient (Wildman–Crippen LogP) is 0.503. The van der Waals surface area contributed by atoms with Gasteiger partial charge < -0.3 is 0 Å². The van der Waals surface area contributed by atoms with E-state index in [2.05, 4.69) is 41.5 Å². The zero-order chi connectivity index (χ0) is 39.3. The molecule has 2 unspecified atom stereocenters. The SMILES string of the molecule is C[Se]C[C@H]1O[C@@H](n2cnc3c(N)ncnc32)[C@@H](O)C1OC(=O)N1CCOCC1.C[Se]C[C@H]1O[C@@H](n2cnc3c(N)ncnc32)[C@@H](OC(=O)N2CCCCC2)C1O. The zero-order valence-corrected chi connectivity index (χ0v) is 34.3. The van der Waals surface area contributed by atoms with E-state index in [0.29, 0.717) is 87.3 Å². The van der Waals surface area contributed by atoms with Gasteiger partial charge >= 0.3 is 335 Å². The van der Waals surface area contributed by atoms with Crippen LogP contribution in [0.15, 0.2) is 25.3 Å². The molecule has 8 rings (SSSR count). The Morgan fingerprint density at radius 2 is 1.23 bits per heavy atom. The summed E-state index contributed by atoms with van der Waals surface area (Å²) in [4.78, 5) is 53.3. The zero-order valence-electron chi connectivity index (χ0n) is 30.9. The van der Waals surface area contributed by atoms with Crippen molar-refractivity contribution in [2.75, 3.05) is 50.9 Å². The van der Waals surface area contributed by atoms with Crippen molar-refractivity contribution >= 4 is 76.1 Å². The van der Waals surface area contributed by atoms with Crippen molar-refractivity contribution < 1.29 is 43.5 Å². The molecule has 6 N–H and O–H groups in total. The van der Waals surface area contributed by atoms with E-state index in [1.54, 1.807) is 18.9 Å². The van der Waals surface area contributed by atoms with Gasteiger partial charge in [0, 0.05) is 0 Å². The van der Waals surface area contributed by atoms with Crippen molar-refractivity contribution in [1.29, 1.82) is 0 Å². The molecule has 4 aliphatic rings. The fourth-order valence-corrected chi connectivity index (χ4v) is 9.60. The topological polar surface area (TPSA) is 266 Å². The number of imidazole rings is 2. The first kappa shape index (κ1) is 40.3. The average molecular weight is 913 g/mol. The molecule has 21 nitrogen and oxygen atoms in total. The molecule has 23 heteroatoms. The second kappa shape index (κ2) is 18.1. The summed E-state index contributed by atoms with van der Waals surface area (Å²) in [7, 11) is 0. The molecule has 4 saturated heterocycles. The summed E-state index contributed by atoms with van der Waals surface area (Å²) in [6, 6.07) is 0. The van der Waals surface area contributed by atoms with Crippen LogP contribution >= 0.6 is 0 Å². The van der Waals surface area contributed by atoms with E-state index in [-0.39, 0.29) is 26.6 Å². The predicted molar refractivity (Wildman–Crippen MR) is 201 cm³/mol. The van der Waals surface area contributed by atoms with Gasteiger partial charge in [-0.15, -0.1) is 0 Å². The number of hydrogen-bond donors (Lipinski definition) is 4. The van der Waals surface area contributed by atoms with Gasteiger partial charge in [0.15, 0.2) is 0 Å². The molecule has 4 aromatic heterocycles. The summed E-state index contributed by atoms with van der Waals surface area (Å²) in [5, 5.41) is 23.2. The molecule has 4 fully saturated rings. The number of nitrogen functional groups attached to an aromatic ring is 2. The number of aliphatic hydroxyl groups excluding tert-OH is 2. The molecular formula is C33H46N12O9Se2. The third-order valence-corrected chi connectivity index (χ3v) is 12.7. The van der Waals surface area contributed by atoms with Gasteiger partial charge in [0.05, 0.1) is 0 Å². The van der Waals surface area contributed by atoms with E-state index in [4.69, 9.17) is 35.2 Å². The average Bonchev–Trinajstić information content (AvgIpc) is 3.99. The monoisotopic (exact) mass is 914 g/mol. The van der Waals surface area contributed by atoms with Crippen LogP contribution in [-0.2, 0) is 23.7 Å². The number of piperidine rings is 1. The van der Waals surface area contributed by atoms with E-state index in [0.717, 1.165) is 19.3 Å². The summed E-state index contributed by atoms with van der Waals surface area (Å²) in [6.45, 7) is 3.24. The molecule has 56 heavy (non-hydrogen) atoms. The van der Waals surface area contributed by atoms with Gasteiger partial charge in [-0.3, -0.25) is 0 Å². The molecule has 0 radical (unpaired) electrons. The summed E-state index contributed by atoms with van der Waals surface area (Å²) in [6.07, 6.45) is 1.94. The number of likely N-dealkylation sites (tertiary alicyclic amines) is 1. The number of nitrogens with two attached hydrogens (primary N) is 2. The maximum atomic E-state index is 12.7. The number of fused-ring (bicyclic) bond motifs is 2. The van der Waals surface area contributed by atoms with Gasteiger partial charge in [-0.1, -0.05) is 0 Å². The van der Waals surface area contributed by atoms with Crippen LogP contribution in [0.25, 0.3) is 22.3 Å². The molecular weight excluding hydrogens is 866 g/mol. The Labute approximate surface area is 334 Å². The second-order valence-corrected chi connectivity index (χ2v) is 17.4. The van der Waals surface area contributed by atoms with Gasteiger partial charge in [0.2, 0.25) is 0 Å². The van der Waals surface area contributed by atoms with Crippen LogP contribution in [0, 0.1) is 0 Å². The molecule has 0 aliphatic carbocycles. The first-order valence-electron chi connectivity index (χ1n) is 18.2. The summed E-state index contributed by atoms with van der Waals surface area (Å²) in [5.74, 6) is 4.65. The third kappa shape index (κ3) is 8.37. The number of ether oxygens (including phenoxy) is 5. The normalized spacial score (nSPS) is 28.0. The summed E-state index contributed by atoms with van der Waals surface area (Å²) >= 11 is 0.568. The number of aromatic nitrogens is 8. The van der Waals surface area contributed by atoms with Crippen molar-refractivity contribution in [3.8, 4) is 0 Å². The molecule has 8 heterocycles. The minimum atomic E-state index is -1.06. The van der Waals surface area contributed by atoms with Crippen molar-refractivity contribution in [3.63, 3.8) is 0 Å². The van der Waals surface area contributed by atoms with Crippen molar-refractivity contribution in [2.24, 2.45) is 0 Å². The number of aliphatic hydroxyl groups is 2. The Hall–Kier alpha value is -3.92. The number of nitrogens with zero attached hydrogens (tertiary/aromatic N) is 10. The van der Waals surface area contributed by atoms with Crippen molar-refractivity contribution in [2.45, 2.75) is 90.6 Å². The maximum absolute atomic E-state index is 12.7. The molecule has 0 saturated carbocycles. The quantitative estimate of drug-likeness (QED) is 0.175. The number of carbonyl (C=O) groups is 2. The molecule has 304 valence electrons.